The number of urea groups is 1. The van der Waals surface area contributed by atoms with E-state index in [9.17, 15) is 4.79 Å². The molecule has 17 heavy (non-hydrogen) atoms. The van der Waals surface area contributed by atoms with Crippen LogP contribution in [-0.4, -0.2) is 24.0 Å². The lowest BCUT2D eigenvalue weighted by Gasteiger charge is -2.20. The molecule has 2 aliphatic rings. The third kappa shape index (κ3) is 4.06. The number of amides is 2. The number of hydrogen-bond donors (Lipinski definition) is 1. The molecule has 0 spiro atoms. The first-order valence-electron chi connectivity index (χ1n) is 7.09. The SMILES string of the molecule is O=C(NC=C1CCCCC1)N1CCCCCC1. The summed E-state index contributed by atoms with van der Waals surface area (Å²) in [6.45, 7) is 1.85. The monoisotopic (exact) mass is 236 g/mol. The quantitative estimate of drug-likeness (QED) is 0.743. The summed E-state index contributed by atoms with van der Waals surface area (Å²) in [4.78, 5) is 13.9. The Hall–Kier alpha value is -0.990. The van der Waals surface area contributed by atoms with E-state index in [1.165, 1.54) is 50.5 Å². The fraction of sp³-hybridized carbons (Fsp3) is 0.786. The van der Waals surface area contributed by atoms with Crippen LogP contribution in [0.15, 0.2) is 11.8 Å². The molecule has 1 saturated heterocycles. The van der Waals surface area contributed by atoms with Crippen molar-refractivity contribution in [1.29, 1.82) is 0 Å². The second kappa shape index (κ2) is 6.67. The summed E-state index contributed by atoms with van der Waals surface area (Å²) in [6, 6.07) is 0.102. The summed E-state index contributed by atoms with van der Waals surface area (Å²) in [5.74, 6) is 0. The van der Waals surface area contributed by atoms with E-state index in [0.29, 0.717) is 0 Å². The number of carbonyl (C=O) groups excluding carboxylic acids is 1. The minimum absolute atomic E-state index is 0.102. The van der Waals surface area contributed by atoms with Gasteiger partial charge in [-0.05, 0) is 38.5 Å². The second-order valence-electron chi connectivity index (χ2n) is 5.21. The average Bonchev–Trinajstić information content (AvgIpc) is 2.66. The number of allylic oxidation sites excluding steroid dienone is 1. The topological polar surface area (TPSA) is 32.3 Å². The standard InChI is InChI=1S/C14H24N2O/c17-14(16-10-6-1-2-7-11-16)15-12-13-8-4-3-5-9-13/h12H,1-11H2,(H,15,17). The number of rotatable bonds is 1. The maximum Gasteiger partial charge on any atom is 0.321 e. The van der Waals surface area contributed by atoms with Crippen molar-refractivity contribution in [3.63, 3.8) is 0 Å². The highest BCUT2D eigenvalue weighted by atomic mass is 16.2. The summed E-state index contributed by atoms with van der Waals surface area (Å²) in [5, 5.41) is 2.97. The minimum atomic E-state index is 0.102. The highest BCUT2D eigenvalue weighted by molar-refractivity contribution is 5.75. The van der Waals surface area contributed by atoms with Gasteiger partial charge in [0.25, 0.3) is 0 Å². The van der Waals surface area contributed by atoms with E-state index in [2.05, 4.69) is 5.32 Å². The highest BCUT2D eigenvalue weighted by Crippen LogP contribution is 2.21. The molecule has 0 atom stereocenters. The van der Waals surface area contributed by atoms with E-state index in [1.807, 2.05) is 11.1 Å². The van der Waals surface area contributed by atoms with Crippen molar-refractivity contribution in [2.75, 3.05) is 13.1 Å². The molecule has 0 aromatic heterocycles. The molecule has 3 nitrogen and oxygen atoms in total. The van der Waals surface area contributed by atoms with Gasteiger partial charge in [0.1, 0.15) is 0 Å². The van der Waals surface area contributed by atoms with Crippen molar-refractivity contribution in [1.82, 2.24) is 10.2 Å². The molecule has 0 radical (unpaired) electrons. The first kappa shape index (κ1) is 12.5. The second-order valence-corrected chi connectivity index (χ2v) is 5.21. The molecule has 0 unspecified atom stereocenters. The van der Waals surface area contributed by atoms with Gasteiger partial charge in [0.15, 0.2) is 0 Å². The van der Waals surface area contributed by atoms with Crippen molar-refractivity contribution in [3.05, 3.63) is 11.8 Å². The Bertz CT molecular complexity index is 270. The molecule has 2 amide bonds. The Kier molecular flexibility index (Phi) is 4.89. The molecule has 1 aliphatic heterocycles. The van der Waals surface area contributed by atoms with Crippen LogP contribution in [0, 0.1) is 0 Å². The summed E-state index contributed by atoms with van der Waals surface area (Å²) in [7, 11) is 0. The van der Waals surface area contributed by atoms with Crippen LogP contribution in [0.3, 0.4) is 0 Å². The van der Waals surface area contributed by atoms with E-state index in [1.54, 1.807) is 0 Å². The molecule has 96 valence electrons. The first-order chi connectivity index (χ1) is 8.36. The van der Waals surface area contributed by atoms with Gasteiger partial charge in [-0.3, -0.25) is 0 Å². The largest absolute Gasteiger partial charge is 0.325 e. The number of nitrogens with one attached hydrogen (secondary N) is 1. The van der Waals surface area contributed by atoms with E-state index >= 15 is 0 Å². The predicted octanol–water partition coefficient (Wildman–Crippen LogP) is 3.42. The molecule has 2 fully saturated rings. The van der Waals surface area contributed by atoms with Crippen LogP contribution in [-0.2, 0) is 0 Å². The Labute approximate surface area is 104 Å². The van der Waals surface area contributed by atoms with Gasteiger partial charge in [-0.2, -0.15) is 0 Å². The molecule has 1 saturated carbocycles. The van der Waals surface area contributed by atoms with Gasteiger partial charge in [0.2, 0.25) is 0 Å². The Morgan fingerprint density at radius 3 is 2.18 bits per heavy atom. The van der Waals surface area contributed by atoms with Crippen LogP contribution in [0.25, 0.3) is 0 Å². The van der Waals surface area contributed by atoms with Gasteiger partial charge >= 0.3 is 6.03 Å². The van der Waals surface area contributed by atoms with Gasteiger partial charge in [0.05, 0.1) is 0 Å². The van der Waals surface area contributed by atoms with Crippen LogP contribution in [0.1, 0.15) is 57.8 Å². The molecular weight excluding hydrogens is 212 g/mol. The maximum absolute atomic E-state index is 12.0. The number of likely N-dealkylation sites (tertiary alicyclic amines) is 1. The normalized spacial score (nSPS) is 21.9. The summed E-state index contributed by atoms with van der Waals surface area (Å²) < 4.78 is 0. The van der Waals surface area contributed by atoms with Crippen LogP contribution >= 0.6 is 0 Å². The van der Waals surface area contributed by atoms with E-state index < -0.39 is 0 Å². The maximum atomic E-state index is 12.0. The van der Waals surface area contributed by atoms with E-state index in [4.69, 9.17) is 0 Å². The molecule has 3 heteroatoms. The lowest BCUT2D eigenvalue weighted by atomic mass is 9.96. The minimum Gasteiger partial charge on any atom is -0.325 e. The van der Waals surface area contributed by atoms with Crippen LogP contribution in [0.2, 0.25) is 0 Å². The molecule has 0 aromatic carbocycles. The van der Waals surface area contributed by atoms with Crippen LogP contribution < -0.4 is 5.32 Å². The zero-order valence-corrected chi connectivity index (χ0v) is 10.7. The van der Waals surface area contributed by atoms with Gasteiger partial charge in [-0.1, -0.05) is 24.8 Å². The summed E-state index contributed by atoms with van der Waals surface area (Å²) in [5.41, 5.74) is 1.42. The molecule has 1 heterocycles. The van der Waals surface area contributed by atoms with Gasteiger partial charge in [0, 0.05) is 19.3 Å². The third-order valence-corrected chi connectivity index (χ3v) is 3.79. The molecule has 1 aliphatic carbocycles. The lowest BCUT2D eigenvalue weighted by Crippen LogP contribution is -2.38. The van der Waals surface area contributed by atoms with Gasteiger partial charge < -0.3 is 10.2 Å². The van der Waals surface area contributed by atoms with Crippen molar-refractivity contribution in [2.45, 2.75) is 57.8 Å². The fourth-order valence-corrected chi connectivity index (χ4v) is 2.68. The third-order valence-electron chi connectivity index (χ3n) is 3.79. The number of carbonyl (C=O) groups is 1. The lowest BCUT2D eigenvalue weighted by molar-refractivity contribution is 0.203. The Morgan fingerprint density at radius 1 is 0.941 bits per heavy atom. The Balaban J connectivity index is 1.78. The first-order valence-corrected chi connectivity index (χ1v) is 7.09. The van der Waals surface area contributed by atoms with Crippen molar-refractivity contribution in [3.8, 4) is 0 Å². The van der Waals surface area contributed by atoms with Gasteiger partial charge in [-0.15, -0.1) is 0 Å². The molecule has 0 aromatic rings. The summed E-state index contributed by atoms with van der Waals surface area (Å²) >= 11 is 0. The van der Waals surface area contributed by atoms with Crippen molar-refractivity contribution >= 4 is 6.03 Å². The number of hydrogen-bond acceptors (Lipinski definition) is 1. The fourth-order valence-electron chi connectivity index (χ4n) is 2.68. The van der Waals surface area contributed by atoms with Crippen LogP contribution in [0.4, 0.5) is 4.79 Å². The molecule has 2 rings (SSSR count). The summed E-state index contributed by atoms with van der Waals surface area (Å²) in [6.07, 6.45) is 13.1. The smallest absolute Gasteiger partial charge is 0.321 e. The molecule has 1 N–H and O–H groups in total. The molecule has 0 bridgehead atoms. The zero-order chi connectivity index (χ0) is 11.9. The van der Waals surface area contributed by atoms with Crippen molar-refractivity contribution in [2.24, 2.45) is 0 Å². The van der Waals surface area contributed by atoms with E-state index in [0.717, 1.165) is 25.9 Å². The Morgan fingerprint density at radius 2 is 1.53 bits per heavy atom. The highest BCUT2D eigenvalue weighted by Gasteiger charge is 2.14. The number of nitrogens with zero attached hydrogens (tertiary/aromatic N) is 1. The predicted molar refractivity (Wildman–Crippen MR) is 69.7 cm³/mol. The van der Waals surface area contributed by atoms with Gasteiger partial charge in [-0.25, -0.2) is 4.79 Å². The molecular formula is C14H24N2O. The average molecular weight is 236 g/mol. The van der Waals surface area contributed by atoms with Crippen LogP contribution in [0.5, 0.6) is 0 Å². The van der Waals surface area contributed by atoms with E-state index in [-0.39, 0.29) is 6.03 Å². The zero-order valence-electron chi connectivity index (χ0n) is 10.7. The van der Waals surface area contributed by atoms with Crippen molar-refractivity contribution < 1.29 is 4.79 Å².